The van der Waals surface area contributed by atoms with Gasteiger partial charge < -0.3 is 9.52 Å². The molecule has 4 heteroatoms. The molecule has 0 spiro atoms. The van der Waals surface area contributed by atoms with Gasteiger partial charge in [-0.1, -0.05) is 0 Å². The molecular weight excluding hydrogens is 115 g/mol. The Morgan fingerprint density at radius 2 is 2.33 bits per heavy atom. The standard InChI is InChI=1S/C5H4O3.Li/c6-5(7)4-2-1-3-8-4;/h1-3H,(H,6,7);. The van der Waals surface area contributed by atoms with Crippen molar-refractivity contribution < 1.29 is 14.3 Å². The Kier molecular flexibility index (Phi) is 3.14. The van der Waals surface area contributed by atoms with Crippen LogP contribution in [-0.4, -0.2) is 29.9 Å². The molecule has 0 atom stereocenters. The molecular formula is C5H4LiO3. The maximum Gasteiger partial charge on any atom is 0.371 e. The van der Waals surface area contributed by atoms with E-state index in [2.05, 4.69) is 4.42 Å². The third-order valence-electron chi connectivity index (χ3n) is 0.732. The summed E-state index contributed by atoms with van der Waals surface area (Å²) in [4.78, 5) is 9.97. The second-order valence-corrected chi connectivity index (χ2v) is 1.28. The molecule has 0 aromatic carbocycles. The van der Waals surface area contributed by atoms with Crippen LogP contribution in [0, 0.1) is 0 Å². The van der Waals surface area contributed by atoms with Gasteiger partial charge >= 0.3 is 5.97 Å². The number of aromatic carboxylic acids is 1. The average Bonchev–Trinajstić information content (AvgIpc) is 2.12. The van der Waals surface area contributed by atoms with Crippen molar-refractivity contribution >= 4 is 24.8 Å². The summed E-state index contributed by atoms with van der Waals surface area (Å²) in [6.45, 7) is 0. The normalized spacial score (nSPS) is 8.00. The molecule has 1 rings (SSSR count). The minimum atomic E-state index is -1.03. The van der Waals surface area contributed by atoms with E-state index in [0.29, 0.717) is 0 Å². The maximum atomic E-state index is 9.97. The first-order valence-corrected chi connectivity index (χ1v) is 2.07. The third-order valence-corrected chi connectivity index (χ3v) is 0.732. The first-order valence-electron chi connectivity index (χ1n) is 2.07. The first-order chi connectivity index (χ1) is 3.80. The number of carboxylic acids is 1. The van der Waals surface area contributed by atoms with E-state index in [4.69, 9.17) is 5.11 Å². The first kappa shape index (κ1) is 8.35. The molecule has 0 aliphatic carbocycles. The summed E-state index contributed by atoms with van der Waals surface area (Å²) in [6.07, 6.45) is 1.32. The number of carboxylic acid groups (broad SMARTS) is 1. The molecule has 1 aromatic rings. The van der Waals surface area contributed by atoms with E-state index in [1.165, 1.54) is 18.4 Å². The second kappa shape index (κ2) is 3.39. The second-order valence-electron chi connectivity index (χ2n) is 1.28. The summed E-state index contributed by atoms with van der Waals surface area (Å²) >= 11 is 0. The number of hydrogen-bond acceptors (Lipinski definition) is 2. The summed E-state index contributed by atoms with van der Waals surface area (Å²) < 4.78 is 4.50. The van der Waals surface area contributed by atoms with Crippen LogP contribution in [0.25, 0.3) is 0 Å². The van der Waals surface area contributed by atoms with Crippen LogP contribution in [0.15, 0.2) is 22.8 Å². The minimum Gasteiger partial charge on any atom is -0.475 e. The fraction of sp³-hybridized carbons (Fsp3) is 0. The Balaban J connectivity index is 0.000000640. The molecule has 1 heterocycles. The topological polar surface area (TPSA) is 50.4 Å². The van der Waals surface area contributed by atoms with Gasteiger partial charge in [-0.15, -0.1) is 0 Å². The van der Waals surface area contributed by atoms with Gasteiger partial charge in [0.15, 0.2) is 0 Å². The Morgan fingerprint density at radius 1 is 1.67 bits per heavy atom. The average molecular weight is 119 g/mol. The van der Waals surface area contributed by atoms with Gasteiger partial charge in [0.2, 0.25) is 5.76 Å². The largest absolute Gasteiger partial charge is 0.475 e. The van der Waals surface area contributed by atoms with E-state index < -0.39 is 5.97 Å². The van der Waals surface area contributed by atoms with Gasteiger partial charge in [-0.25, -0.2) is 4.79 Å². The van der Waals surface area contributed by atoms with Crippen molar-refractivity contribution in [2.75, 3.05) is 0 Å². The van der Waals surface area contributed by atoms with Crippen LogP contribution in [0.1, 0.15) is 10.6 Å². The van der Waals surface area contributed by atoms with Crippen molar-refractivity contribution in [1.29, 1.82) is 0 Å². The summed E-state index contributed by atoms with van der Waals surface area (Å²) in [6, 6.07) is 2.92. The van der Waals surface area contributed by atoms with Gasteiger partial charge in [-0.2, -0.15) is 0 Å². The van der Waals surface area contributed by atoms with Crippen molar-refractivity contribution in [2.24, 2.45) is 0 Å². The van der Waals surface area contributed by atoms with Gasteiger partial charge in [0.25, 0.3) is 0 Å². The molecule has 0 fully saturated rings. The Morgan fingerprint density at radius 3 is 2.56 bits per heavy atom. The van der Waals surface area contributed by atoms with Crippen molar-refractivity contribution in [3.8, 4) is 0 Å². The van der Waals surface area contributed by atoms with Crippen molar-refractivity contribution in [3.63, 3.8) is 0 Å². The van der Waals surface area contributed by atoms with Crippen LogP contribution in [0.2, 0.25) is 0 Å². The van der Waals surface area contributed by atoms with Gasteiger partial charge in [0.05, 0.1) is 6.26 Å². The molecule has 0 aliphatic rings. The molecule has 3 nitrogen and oxygen atoms in total. The molecule has 9 heavy (non-hydrogen) atoms. The number of rotatable bonds is 1. The molecule has 0 amide bonds. The van der Waals surface area contributed by atoms with Crippen LogP contribution in [0.3, 0.4) is 0 Å². The van der Waals surface area contributed by atoms with Crippen molar-refractivity contribution in [1.82, 2.24) is 0 Å². The third kappa shape index (κ3) is 1.96. The SMILES string of the molecule is O=C(O)c1ccco1.[Li]. The number of hydrogen-bond donors (Lipinski definition) is 1. The Hall–Kier alpha value is -0.653. The van der Waals surface area contributed by atoms with E-state index in [9.17, 15) is 4.79 Å². The fourth-order valence-electron chi connectivity index (χ4n) is 0.400. The van der Waals surface area contributed by atoms with E-state index in [1.807, 2.05) is 0 Å². The Labute approximate surface area is 63.8 Å². The number of carbonyl (C=O) groups is 1. The zero-order chi connectivity index (χ0) is 5.98. The molecule has 1 aromatic heterocycles. The minimum absolute atomic E-state index is 0. The molecule has 1 radical (unpaired) electrons. The van der Waals surface area contributed by atoms with Crippen LogP contribution in [0.4, 0.5) is 0 Å². The predicted molar refractivity (Wildman–Crippen MR) is 31.4 cm³/mol. The van der Waals surface area contributed by atoms with Gasteiger partial charge in [-0.05, 0) is 12.1 Å². The Bertz CT molecular complexity index is 180. The molecule has 0 unspecified atom stereocenters. The molecule has 0 saturated carbocycles. The predicted octanol–water partition coefficient (Wildman–Crippen LogP) is 0.597. The van der Waals surface area contributed by atoms with E-state index in [0.717, 1.165) is 0 Å². The van der Waals surface area contributed by atoms with Crippen molar-refractivity contribution in [2.45, 2.75) is 0 Å². The van der Waals surface area contributed by atoms with Gasteiger partial charge in [0, 0.05) is 18.9 Å². The van der Waals surface area contributed by atoms with E-state index >= 15 is 0 Å². The monoisotopic (exact) mass is 119 g/mol. The van der Waals surface area contributed by atoms with E-state index in [1.54, 1.807) is 0 Å². The zero-order valence-corrected chi connectivity index (χ0v) is 5.00. The summed E-state index contributed by atoms with van der Waals surface area (Å²) in [5.41, 5.74) is 0. The summed E-state index contributed by atoms with van der Waals surface area (Å²) in [7, 11) is 0. The van der Waals surface area contributed by atoms with Gasteiger partial charge in [0.1, 0.15) is 0 Å². The zero-order valence-electron chi connectivity index (χ0n) is 5.00. The van der Waals surface area contributed by atoms with E-state index in [-0.39, 0.29) is 24.6 Å². The summed E-state index contributed by atoms with van der Waals surface area (Å²) in [5.74, 6) is -1.06. The van der Waals surface area contributed by atoms with Crippen molar-refractivity contribution in [3.05, 3.63) is 24.2 Å². The molecule has 43 valence electrons. The fourth-order valence-corrected chi connectivity index (χ4v) is 0.400. The van der Waals surface area contributed by atoms with Crippen LogP contribution < -0.4 is 0 Å². The smallest absolute Gasteiger partial charge is 0.371 e. The number of furan rings is 1. The van der Waals surface area contributed by atoms with Crippen LogP contribution >= 0.6 is 0 Å². The van der Waals surface area contributed by atoms with Crippen LogP contribution in [-0.2, 0) is 0 Å². The quantitative estimate of drug-likeness (QED) is 0.550. The van der Waals surface area contributed by atoms with Crippen LogP contribution in [0.5, 0.6) is 0 Å². The molecule has 0 saturated heterocycles. The summed E-state index contributed by atoms with van der Waals surface area (Å²) in [5, 5.41) is 8.18. The van der Waals surface area contributed by atoms with Gasteiger partial charge in [-0.3, -0.25) is 0 Å². The molecule has 0 bridgehead atoms. The molecule has 1 N–H and O–H groups in total. The maximum absolute atomic E-state index is 9.97. The molecule has 0 aliphatic heterocycles.